The van der Waals surface area contributed by atoms with Gasteiger partial charge in [-0.15, -0.1) is 0 Å². The average molecular weight is 280 g/mol. The highest BCUT2D eigenvalue weighted by molar-refractivity contribution is 5.75. The molecule has 1 aliphatic rings. The molecule has 1 aromatic carbocycles. The zero-order valence-electron chi connectivity index (χ0n) is 12.0. The van der Waals surface area contributed by atoms with Gasteiger partial charge in [0.15, 0.2) is 0 Å². The summed E-state index contributed by atoms with van der Waals surface area (Å²) in [5, 5.41) is 9.51. The maximum atomic E-state index is 13.3. The molecule has 1 saturated heterocycles. The molecule has 0 aliphatic carbocycles. The van der Waals surface area contributed by atoms with Gasteiger partial charge in [0.1, 0.15) is 11.9 Å². The van der Waals surface area contributed by atoms with Crippen molar-refractivity contribution in [2.75, 3.05) is 32.7 Å². The van der Waals surface area contributed by atoms with E-state index in [4.69, 9.17) is 0 Å². The quantitative estimate of drug-likeness (QED) is 0.915. The van der Waals surface area contributed by atoms with Gasteiger partial charge in [-0.05, 0) is 30.7 Å². The number of piperazine rings is 1. The highest BCUT2D eigenvalue weighted by atomic mass is 19.1. The molecule has 4 nitrogen and oxygen atoms in total. The molecule has 20 heavy (non-hydrogen) atoms. The number of nitrogens with zero attached hydrogens (tertiary/aromatic N) is 2. The van der Waals surface area contributed by atoms with Crippen molar-refractivity contribution in [2.24, 2.45) is 0 Å². The van der Waals surface area contributed by atoms with Gasteiger partial charge in [0.25, 0.3) is 0 Å². The van der Waals surface area contributed by atoms with E-state index < -0.39 is 12.0 Å². The lowest BCUT2D eigenvalue weighted by molar-refractivity contribution is -0.144. The molecule has 1 fully saturated rings. The number of benzene rings is 1. The summed E-state index contributed by atoms with van der Waals surface area (Å²) in [5.74, 6) is -1.17. The SMILES string of the molecule is CCN1CCN(C(C(=O)O)c2ccc(F)c(C)c2)CC1. The van der Waals surface area contributed by atoms with Gasteiger partial charge in [-0.1, -0.05) is 19.1 Å². The second-order valence-corrected chi connectivity index (χ2v) is 5.22. The van der Waals surface area contributed by atoms with Crippen molar-refractivity contribution in [2.45, 2.75) is 19.9 Å². The first-order chi connectivity index (χ1) is 9.52. The second-order valence-electron chi connectivity index (χ2n) is 5.22. The monoisotopic (exact) mass is 280 g/mol. The van der Waals surface area contributed by atoms with Crippen LogP contribution in [0.25, 0.3) is 0 Å². The molecule has 0 spiro atoms. The lowest BCUT2D eigenvalue weighted by atomic mass is 10.0. The molecule has 1 heterocycles. The first kappa shape index (κ1) is 14.9. The van der Waals surface area contributed by atoms with Crippen LogP contribution >= 0.6 is 0 Å². The summed E-state index contributed by atoms with van der Waals surface area (Å²) in [6.45, 7) is 7.95. The predicted octanol–water partition coefficient (Wildman–Crippen LogP) is 1.90. The topological polar surface area (TPSA) is 43.8 Å². The lowest BCUT2D eigenvalue weighted by Gasteiger charge is -2.37. The Hall–Kier alpha value is -1.46. The Balaban J connectivity index is 2.19. The van der Waals surface area contributed by atoms with Crippen molar-refractivity contribution in [3.8, 4) is 0 Å². The maximum absolute atomic E-state index is 13.3. The van der Waals surface area contributed by atoms with Crippen LogP contribution in [0.3, 0.4) is 0 Å². The van der Waals surface area contributed by atoms with Gasteiger partial charge in [-0.25, -0.2) is 4.39 Å². The van der Waals surface area contributed by atoms with Gasteiger partial charge < -0.3 is 10.0 Å². The van der Waals surface area contributed by atoms with Crippen LogP contribution in [0, 0.1) is 12.7 Å². The minimum Gasteiger partial charge on any atom is -0.480 e. The predicted molar refractivity (Wildman–Crippen MR) is 75.2 cm³/mol. The van der Waals surface area contributed by atoms with Crippen LogP contribution in [0.15, 0.2) is 18.2 Å². The molecule has 0 aromatic heterocycles. The molecule has 1 aliphatic heterocycles. The van der Waals surface area contributed by atoms with E-state index in [9.17, 15) is 14.3 Å². The van der Waals surface area contributed by atoms with E-state index in [1.54, 1.807) is 19.1 Å². The smallest absolute Gasteiger partial charge is 0.325 e. The average Bonchev–Trinajstić information content (AvgIpc) is 2.43. The molecule has 110 valence electrons. The third-order valence-corrected chi connectivity index (χ3v) is 3.95. The number of halogens is 1. The van der Waals surface area contributed by atoms with E-state index in [0.717, 1.165) is 32.7 Å². The number of carbonyl (C=O) groups is 1. The van der Waals surface area contributed by atoms with E-state index in [1.807, 2.05) is 4.90 Å². The zero-order valence-corrected chi connectivity index (χ0v) is 12.0. The molecule has 1 atom stereocenters. The standard InChI is InChI=1S/C15H21FN2O2/c1-3-17-6-8-18(9-7-17)14(15(19)20)12-4-5-13(16)11(2)10-12/h4-5,10,14H,3,6-9H2,1-2H3,(H,19,20). The minimum absolute atomic E-state index is 0.298. The molecule has 2 rings (SSSR count). The summed E-state index contributed by atoms with van der Waals surface area (Å²) < 4.78 is 13.3. The zero-order chi connectivity index (χ0) is 14.7. The Morgan fingerprint density at radius 2 is 2.00 bits per heavy atom. The molecular formula is C15H21FN2O2. The van der Waals surface area contributed by atoms with E-state index in [0.29, 0.717) is 11.1 Å². The molecular weight excluding hydrogens is 259 g/mol. The number of hydrogen-bond acceptors (Lipinski definition) is 3. The first-order valence-corrected chi connectivity index (χ1v) is 6.98. The van der Waals surface area contributed by atoms with Crippen LogP contribution in [0.1, 0.15) is 24.1 Å². The van der Waals surface area contributed by atoms with Crippen molar-refractivity contribution in [1.82, 2.24) is 9.80 Å². The largest absolute Gasteiger partial charge is 0.480 e. The summed E-state index contributed by atoms with van der Waals surface area (Å²) in [4.78, 5) is 15.9. The Morgan fingerprint density at radius 3 is 2.50 bits per heavy atom. The number of likely N-dealkylation sites (N-methyl/N-ethyl adjacent to an activating group) is 1. The number of carboxylic acid groups (broad SMARTS) is 1. The summed E-state index contributed by atoms with van der Waals surface area (Å²) in [6, 6.07) is 3.88. The minimum atomic E-state index is -0.874. The Kier molecular flexibility index (Phi) is 4.73. The van der Waals surface area contributed by atoms with E-state index in [2.05, 4.69) is 11.8 Å². The van der Waals surface area contributed by atoms with E-state index in [-0.39, 0.29) is 5.82 Å². The van der Waals surface area contributed by atoms with Gasteiger partial charge in [0, 0.05) is 26.2 Å². The van der Waals surface area contributed by atoms with Crippen molar-refractivity contribution in [3.05, 3.63) is 35.1 Å². The van der Waals surface area contributed by atoms with Gasteiger partial charge in [0.05, 0.1) is 0 Å². The highest BCUT2D eigenvalue weighted by Crippen LogP contribution is 2.24. The van der Waals surface area contributed by atoms with Crippen molar-refractivity contribution in [3.63, 3.8) is 0 Å². The lowest BCUT2D eigenvalue weighted by Crippen LogP contribution is -2.49. The summed E-state index contributed by atoms with van der Waals surface area (Å²) in [6.07, 6.45) is 0. The molecule has 0 amide bonds. The van der Waals surface area contributed by atoms with Crippen molar-refractivity contribution < 1.29 is 14.3 Å². The second kappa shape index (κ2) is 6.33. The molecule has 0 radical (unpaired) electrons. The third-order valence-electron chi connectivity index (χ3n) is 3.95. The molecule has 1 N–H and O–H groups in total. The number of hydrogen-bond donors (Lipinski definition) is 1. The normalized spacial score (nSPS) is 18.9. The van der Waals surface area contributed by atoms with Crippen LogP contribution in [0.2, 0.25) is 0 Å². The van der Waals surface area contributed by atoms with Crippen LogP contribution < -0.4 is 0 Å². The summed E-state index contributed by atoms with van der Waals surface area (Å²) in [5.41, 5.74) is 1.14. The number of rotatable bonds is 4. The fraction of sp³-hybridized carbons (Fsp3) is 0.533. The maximum Gasteiger partial charge on any atom is 0.325 e. The van der Waals surface area contributed by atoms with Gasteiger partial charge >= 0.3 is 5.97 Å². The number of aryl methyl sites for hydroxylation is 1. The van der Waals surface area contributed by atoms with Crippen molar-refractivity contribution >= 4 is 5.97 Å². The van der Waals surface area contributed by atoms with Gasteiger partial charge in [0.2, 0.25) is 0 Å². The third kappa shape index (κ3) is 3.16. The molecule has 1 aromatic rings. The van der Waals surface area contributed by atoms with Crippen LogP contribution in [0.4, 0.5) is 4.39 Å². The van der Waals surface area contributed by atoms with Crippen LogP contribution in [0.5, 0.6) is 0 Å². The summed E-state index contributed by atoms with van der Waals surface area (Å²) in [7, 11) is 0. The Labute approximate surface area is 118 Å². The van der Waals surface area contributed by atoms with Crippen molar-refractivity contribution in [1.29, 1.82) is 0 Å². The fourth-order valence-electron chi connectivity index (χ4n) is 2.69. The van der Waals surface area contributed by atoms with Crippen LogP contribution in [-0.2, 0) is 4.79 Å². The van der Waals surface area contributed by atoms with Gasteiger partial charge in [-0.2, -0.15) is 0 Å². The van der Waals surface area contributed by atoms with Crippen LogP contribution in [-0.4, -0.2) is 53.6 Å². The Bertz CT molecular complexity index is 485. The summed E-state index contributed by atoms with van der Waals surface area (Å²) >= 11 is 0. The first-order valence-electron chi connectivity index (χ1n) is 6.98. The molecule has 5 heteroatoms. The van der Waals surface area contributed by atoms with Gasteiger partial charge in [-0.3, -0.25) is 9.69 Å². The Morgan fingerprint density at radius 1 is 1.35 bits per heavy atom. The molecule has 1 unspecified atom stereocenters. The highest BCUT2D eigenvalue weighted by Gasteiger charge is 2.30. The van der Waals surface area contributed by atoms with E-state index >= 15 is 0 Å². The molecule has 0 bridgehead atoms. The van der Waals surface area contributed by atoms with E-state index in [1.165, 1.54) is 6.07 Å². The fourth-order valence-corrected chi connectivity index (χ4v) is 2.69. The number of carboxylic acids is 1. The molecule has 0 saturated carbocycles. The number of aliphatic carboxylic acids is 1.